The second-order valence-electron chi connectivity index (χ2n) is 11.6. The first-order valence-corrected chi connectivity index (χ1v) is 15.0. The highest BCUT2D eigenvalue weighted by Gasteiger charge is 2.71. The van der Waals surface area contributed by atoms with Gasteiger partial charge in [0, 0.05) is 32.2 Å². The number of ether oxygens (including phenoxy) is 2. The molecule has 7 atom stereocenters. The Kier molecular flexibility index (Phi) is 10.1. The molecule has 1 spiro atoms. The molecule has 0 saturated carbocycles. The molecule has 0 aromatic rings. The molecule has 2 fully saturated rings. The van der Waals surface area contributed by atoms with E-state index >= 15 is 0 Å². The van der Waals surface area contributed by atoms with Crippen LogP contribution in [0.1, 0.15) is 72.1 Å². The van der Waals surface area contributed by atoms with Crippen LogP contribution in [0, 0.1) is 11.8 Å². The minimum absolute atomic E-state index is 0.0109. The van der Waals surface area contributed by atoms with Gasteiger partial charge in [0.15, 0.2) is 0 Å². The molecule has 222 valence electrons. The molecule has 4 aliphatic heterocycles. The minimum Gasteiger partial charge on any atom is -0.460 e. The van der Waals surface area contributed by atoms with E-state index in [0.29, 0.717) is 32.4 Å². The van der Waals surface area contributed by atoms with E-state index < -0.39 is 41.7 Å². The quantitative estimate of drug-likeness (QED) is 0.252. The van der Waals surface area contributed by atoms with Gasteiger partial charge in [-0.1, -0.05) is 50.5 Å². The highest BCUT2D eigenvalue weighted by atomic mass is 16.6. The summed E-state index contributed by atoms with van der Waals surface area (Å²) < 4.78 is 12.4. The van der Waals surface area contributed by atoms with Gasteiger partial charge in [-0.3, -0.25) is 19.2 Å². The lowest BCUT2D eigenvalue weighted by molar-refractivity contribution is -0.159. The van der Waals surface area contributed by atoms with E-state index in [1.807, 2.05) is 30.1 Å². The summed E-state index contributed by atoms with van der Waals surface area (Å²) in [6.07, 6.45) is 11.5. The van der Waals surface area contributed by atoms with E-state index in [-0.39, 0.29) is 43.3 Å². The smallest absolute Gasteiger partial charge is 0.313 e. The number of amides is 3. The zero-order valence-corrected chi connectivity index (χ0v) is 24.0. The first-order chi connectivity index (χ1) is 19.2. The summed E-state index contributed by atoms with van der Waals surface area (Å²) in [5, 5.41) is 11.9. The Labute approximate surface area is 237 Å². The fraction of sp³-hybridized carbons (Fsp3) is 0.733. The van der Waals surface area contributed by atoms with Crippen molar-refractivity contribution in [3.8, 4) is 0 Å². The standard InChI is InChI=1S/C30H45N3O7/c1-4-12-20(2)32-17-11-15-30-25(27(36)33(26(30)28(32)37)16-9-5-6-10-18-34)24-22(40-30)13-7-8-14-23(35)31-19-21(3)39-29(24)38/h7,11,13,15,20-22,24-26,34H,4-6,8-10,12,14,16-19H2,1-3H3,(H,31,35)/b13-7-/t20?,21-,22-,24+,25+,26-,30+/m1/s1. The van der Waals surface area contributed by atoms with Gasteiger partial charge in [0.2, 0.25) is 17.7 Å². The molecular weight excluding hydrogens is 514 g/mol. The van der Waals surface area contributed by atoms with Gasteiger partial charge in [0.05, 0.1) is 18.6 Å². The molecule has 0 bridgehead atoms. The van der Waals surface area contributed by atoms with Gasteiger partial charge in [0.25, 0.3) is 0 Å². The van der Waals surface area contributed by atoms with Crippen molar-refractivity contribution in [2.45, 2.75) is 102 Å². The number of nitrogens with one attached hydrogen (secondary N) is 1. The first-order valence-electron chi connectivity index (χ1n) is 15.0. The summed E-state index contributed by atoms with van der Waals surface area (Å²) in [6, 6.07) is -0.894. The summed E-state index contributed by atoms with van der Waals surface area (Å²) >= 11 is 0. The largest absolute Gasteiger partial charge is 0.460 e. The van der Waals surface area contributed by atoms with Crippen LogP contribution in [0.15, 0.2) is 24.3 Å². The number of aliphatic hydroxyl groups is 1. The van der Waals surface area contributed by atoms with Crippen LogP contribution >= 0.6 is 0 Å². The molecule has 0 aromatic carbocycles. The number of rotatable bonds is 9. The van der Waals surface area contributed by atoms with Crippen molar-refractivity contribution >= 4 is 23.7 Å². The van der Waals surface area contributed by atoms with Crippen molar-refractivity contribution in [1.29, 1.82) is 0 Å². The zero-order valence-electron chi connectivity index (χ0n) is 24.0. The third-order valence-corrected chi connectivity index (χ3v) is 8.61. The predicted octanol–water partition coefficient (Wildman–Crippen LogP) is 2.10. The van der Waals surface area contributed by atoms with Gasteiger partial charge in [-0.2, -0.15) is 0 Å². The van der Waals surface area contributed by atoms with Gasteiger partial charge >= 0.3 is 5.97 Å². The van der Waals surface area contributed by atoms with E-state index in [9.17, 15) is 19.2 Å². The van der Waals surface area contributed by atoms with Crippen molar-refractivity contribution in [2.24, 2.45) is 11.8 Å². The Morgan fingerprint density at radius 2 is 1.90 bits per heavy atom. The van der Waals surface area contributed by atoms with Crippen LogP contribution in [0.3, 0.4) is 0 Å². The molecule has 2 N–H and O–H groups in total. The molecule has 4 heterocycles. The fourth-order valence-corrected chi connectivity index (χ4v) is 6.64. The zero-order chi connectivity index (χ0) is 28.9. The van der Waals surface area contributed by atoms with E-state index in [0.717, 1.165) is 25.7 Å². The number of hydrogen-bond acceptors (Lipinski definition) is 7. The number of allylic oxidation sites excluding steroid dienone is 1. The lowest BCUT2D eigenvalue weighted by atomic mass is 9.78. The summed E-state index contributed by atoms with van der Waals surface area (Å²) in [6.45, 7) is 6.91. The van der Waals surface area contributed by atoms with Crippen LogP contribution in [-0.2, 0) is 28.7 Å². The topological polar surface area (TPSA) is 125 Å². The SMILES string of the molecule is CCCC(C)N1CC=C[C@]23O[C@@H]4/C=C\CCC(=O)NC[C@@H](C)OC(=O)[C@@H]4[C@H]2C(=O)N(CCCCCCO)[C@@H]3C1=O. The van der Waals surface area contributed by atoms with Crippen LogP contribution in [0.2, 0.25) is 0 Å². The summed E-state index contributed by atoms with van der Waals surface area (Å²) in [5.41, 5.74) is -1.30. The van der Waals surface area contributed by atoms with E-state index in [4.69, 9.17) is 14.6 Å². The van der Waals surface area contributed by atoms with E-state index in [1.54, 1.807) is 17.9 Å². The van der Waals surface area contributed by atoms with Crippen molar-refractivity contribution in [3.63, 3.8) is 0 Å². The minimum atomic E-state index is -1.30. The molecule has 10 heteroatoms. The van der Waals surface area contributed by atoms with Gasteiger partial charge in [-0.25, -0.2) is 0 Å². The summed E-state index contributed by atoms with van der Waals surface area (Å²) in [5.74, 6) is -2.92. The molecule has 1 unspecified atom stereocenters. The number of cyclic esters (lactones) is 1. The Bertz CT molecular complexity index is 1010. The number of nitrogens with zero attached hydrogens (tertiary/aromatic N) is 2. The van der Waals surface area contributed by atoms with E-state index in [1.165, 1.54) is 0 Å². The third-order valence-electron chi connectivity index (χ3n) is 8.61. The number of aliphatic hydroxyl groups excluding tert-OH is 1. The summed E-state index contributed by atoms with van der Waals surface area (Å²) in [7, 11) is 0. The van der Waals surface area contributed by atoms with Crippen LogP contribution in [0.25, 0.3) is 0 Å². The number of esters is 1. The Balaban J connectivity index is 1.72. The number of carbonyl (C=O) groups excluding carboxylic acids is 4. The maximum absolute atomic E-state index is 14.3. The highest BCUT2D eigenvalue weighted by Crippen LogP contribution is 2.53. The Morgan fingerprint density at radius 3 is 2.65 bits per heavy atom. The Morgan fingerprint density at radius 1 is 1.12 bits per heavy atom. The normalized spacial score (nSPS) is 34.1. The number of unbranched alkanes of at least 4 members (excludes halogenated alkanes) is 3. The van der Waals surface area contributed by atoms with Gasteiger partial charge in [-0.15, -0.1) is 0 Å². The number of carbonyl (C=O) groups is 4. The second-order valence-corrected chi connectivity index (χ2v) is 11.6. The van der Waals surface area contributed by atoms with Crippen LogP contribution in [0.4, 0.5) is 0 Å². The van der Waals surface area contributed by atoms with Crippen LogP contribution in [-0.4, -0.2) is 94.7 Å². The number of hydrogen-bond donors (Lipinski definition) is 2. The van der Waals surface area contributed by atoms with Crippen LogP contribution in [0.5, 0.6) is 0 Å². The number of likely N-dealkylation sites (tertiary alicyclic amines) is 1. The van der Waals surface area contributed by atoms with Crippen molar-refractivity contribution in [2.75, 3.05) is 26.2 Å². The third kappa shape index (κ3) is 5.98. The average molecular weight is 560 g/mol. The monoisotopic (exact) mass is 559 g/mol. The second kappa shape index (κ2) is 13.3. The molecular formula is C30H45N3O7. The highest BCUT2D eigenvalue weighted by molar-refractivity contribution is 5.99. The lowest BCUT2D eigenvalue weighted by Crippen LogP contribution is -2.56. The maximum atomic E-state index is 14.3. The molecule has 4 rings (SSSR count). The molecule has 4 aliphatic rings. The molecule has 0 radical (unpaired) electrons. The average Bonchev–Trinajstić information content (AvgIpc) is 3.29. The lowest BCUT2D eigenvalue weighted by Gasteiger charge is -2.37. The molecule has 2 saturated heterocycles. The molecule has 0 aromatic heterocycles. The maximum Gasteiger partial charge on any atom is 0.313 e. The number of fused-ring (bicyclic) bond motifs is 2. The van der Waals surface area contributed by atoms with Gasteiger partial charge < -0.3 is 29.7 Å². The van der Waals surface area contributed by atoms with Crippen molar-refractivity contribution in [1.82, 2.24) is 15.1 Å². The molecule has 0 aliphatic carbocycles. The van der Waals surface area contributed by atoms with Gasteiger partial charge in [-0.05, 0) is 39.5 Å². The fourth-order valence-electron chi connectivity index (χ4n) is 6.64. The summed E-state index contributed by atoms with van der Waals surface area (Å²) in [4.78, 5) is 57.8. The van der Waals surface area contributed by atoms with Crippen LogP contribution < -0.4 is 5.32 Å². The first kappa shape index (κ1) is 30.2. The van der Waals surface area contributed by atoms with Crippen molar-refractivity contribution < 1.29 is 33.8 Å². The predicted molar refractivity (Wildman–Crippen MR) is 148 cm³/mol. The van der Waals surface area contributed by atoms with Gasteiger partial charge in [0.1, 0.15) is 23.7 Å². The molecule has 10 nitrogen and oxygen atoms in total. The molecule has 40 heavy (non-hydrogen) atoms. The van der Waals surface area contributed by atoms with E-state index in [2.05, 4.69) is 12.2 Å². The molecule has 3 amide bonds. The Hall–Kier alpha value is -2.72. The van der Waals surface area contributed by atoms with Crippen molar-refractivity contribution in [3.05, 3.63) is 24.3 Å².